The lowest BCUT2D eigenvalue weighted by molar-refractivity contribution is 0.524. The van der Waals surface area contributed by atoms with Crippen molar-refractivity contribution in [1.82, 2.24) is 5.43 Å². The number of nitrogens with two attached hydrogens (primary N) is 2. The second-order valence-electron chi connectivity index (χ2n) is 4.29. The number of halogens is 2. The van der Waals surface area contributed by atoms with Crippen LogP contribution in [0.25, 0.3) is 0 Å². The van der Waals surface area contributed by atoms with Gasteiger partial charge in [0.2, 0.25) is 0 Å². The van der Waals surface area contributed by atoms with E-state index in [4.69, 9.17) is 11.6 Å². The first kappa shape index (κ1) is 13.5. The molecule has 0 aromatic heterocycles. The molecule has 0 spiro atoms. The highest BCUT2D eigenvalue weighted by Gasteiger charge is 2.15. The molecule has 3 nitrogen and oxygen atoms in total. The van der Waals surface area contributed by atoms with Gasteiger partial charge in [0.1, 0.15) is 11.6 Å². The third-order valence-corrected chi connectivity index (χ3v) is 3.00. The van der Waals surface area contributed by atoms with Gasteiger partial charge in [-0.3, -0.25) is 11.3 Å². The Morgan fingerprint density at radius 2 is 1.84 bits per heavy atom. The number of nitrogens with one attached hydrogen (secondary N) is 1. The fraction of sp³-hybridized carbons (Fsp3) is 0.143. The van der Waals surface area contributed by atoms with Crippen molar-refractivity contribution >= 4 is 5.69 Å². The van der Waals surface area contributed by atoms with E-state index >= 15 is 0 Å². The lowest BCUT2D eigenvalue weighted by atomic mass is 9.97. The highest BCUT2D eigenvalue weighted by molar-refractivity contribution is 5.48. The molecule has 1 atom stereocenters. The number of para-hydroxylation sites is 1. The molecule has 100 valence electrons. The van der Waals surface area contributed by atoms with Gasteiger partial charge in [0.25, 0.3) is 0 Å². The summed E-state index contributed by atoms with van der Waals surface area (Å²) >= 11 is 0. The second kappa shape index (κ2) is 5.77. The van der Waals surface area contributed by atoms with Crippen molar-refractivity contribution in [2.24, 2.45) is 5.84 Å². The molecular weight excluding hydrogens is 248 g/mol. The van der Waals surface area contributed by atoms with Gasteiger partial charge in [-0.25, -0.2) is 8.78 Å². The molecular formula is C14H15F2N3. The molecule has 0 saturated carbocycles. The molecule has 2 aromatic carbocycles. The third-order valence-electron chi connectivity index (χ3n) is 3.00. The van der Waals surface area contributed by atoms with Crippen LogP contribution in [0.1, 0.15) is 17.2 Å². The van der Waals surface area contributed by atoms with Crippen LogP contribution in [0.15, 0.2) is 42.5 Å². The molecule has 19 heavy (non-hydrogen) atoms. The maximum absolute atomic E-state index is 13.6. The van der Waals surface area contributed by atoms with Crippen LogP contribution in [0.4, 0.5) is 14.5 Å². The van der Waals surface area contributed by atoms with Crippen LogP contribution in [0, 0.1) is 11.6 Å². The summed E-state index contributed by atoms with van der Waals surface area (Å²) < 4.78 is 26.8. The highest BCUT2D eigenvalue weighted by atomic mass is 19.1. The molecule has 5 N–H and O–H groups in total. The topological polar surface area (TPSA) is 64.1 Å². The van der Waals surface area contributed by atoms with Crippen LogP contribution in [-0.2, 0) is 6.42 Å². The minimum absolute atomic E-state index is 0.217. The summed E-state index contributed by atoms with van der Waals surface area (Å²) in [6.07, 6.45) is 0.217. The monoisotopic (exact) mass is 263 g/mol. The van der Waals surface area contributed by atoms with Crippen molar-refractivity contribution in [3.8, 4) is 0 Å². The average molecular weight is 263 g/mol. The zero-order valence-corrected chi connectivity index (χ0v) is 10.2. The zero-order valence-electron chi connectivity index (χ0n) is 10.2. The van der Waals surface area contributed by atoms with E-state index in [1.165, 1.54) is 6.07 Å². The molecule has 0 aliphatic rings. The summed E-state index contributed by atoms with van der Waals surface area (Å²) in [5.74, 6) is 4.55. The summed E-state index contributed by atoms with van der Waals surface area (Å²) in [5.41, 5.74) is 10.0. The van der Waals surface area contributed by atoms with E-state index in [1.54, 1.807) is 18.2 Å². The van der Waals surface area contributed by atoms with Crippen LogP contribution < -0.4 is 17.0 Å². The van der Waals surface area contributed by atoms with E-state index in [1.807, 2.05) is 6.07 Å². The van der Waals surface area contributed by atoms with Gasteiger partial charge in [-0.15, -0.1) is 0 Å². The Kier molecular flexibility index (Phi) is 4.09. The van der Waals surface area contributed by atoms with Crippen LogP contribution in [0.3, 0.4) is 0 Å². The molecule has 1 unspecified atom stereocenters. The van der Waals surface area contributed by atoms with Crippen LogP contribution in [0.2, 0.25) is 0 Å². The quantitative estimate of drug-likeness (QED) is 0.450. The van der Waals surface area contributed by atoms with E-state index in [0.717, 1.165) is 17.7 Å². The van der Waals surface area contributed by atoms with E-state index in [9.17, 15) is 8.78 Å². The minimum Gasteiger partial charge on any atom is -0.398 e. The summed E-state index contributed by atoms with van der Waals surface area (Å²) in [4.78, 5) is 0. The van der Waals surface area contributed by atoms with Gasteiger partial charge in [-0.2, -0.15) is 0 Å². The Hall–Kier alpha value is -1.98. The number of anilines is 1. The molecule has 0 fully saturated rings. The number of nitrogen functional groups attached to an aromatic ring is 1. The lowest BCUT2D eigenvalue weighted by Gasteiger charge is -2.18. The first-order valence-electron chi connectivity index (χ1n) is 5.86. The van der Waals surface area contributed by atoms with Crippen LogP contribution in [0.5, 0.6) is 0 Å². The molecule has 0 heterocycles. The van der Waals surface area contributed by atoms with E-state index in [-0.39, 0.29) is 18.0 Å². The summed E-state index contributed by atoms with van der Waals surface area (Å²) in [6, 6.07) is 10.1. The van der Waals surface area contributed by atoms with Crippen molar-refractivity contribution in [2.45, 2.75) is 12.5 Å². The molecule has 0 aliphatic carbocycles. The lowest BCUT2D eigenvalue weighted by Crippen LogP contribution is -2.30. The Labute approximate surface area is 110 Å². The van der Waals surface area contributed by atoms with Gasteiger partial charge in [0, 0.05) is 5.69 Å². The van der Waals surface area contributed by atoms with Gasteiger partial charge in [-0.1, -0.05) is 18.2 Å². The van der Waals surface area contributed by atoms with Crippen molar-refractivity contribution in [1.29, 1.82) is 0 Å². The predicted octanol–water partition coefficient (Wildman–Crippen LogP) is 2.29. The van der Waals surface area contributed by atoms with Crippen LogP contribution in [-0.4, -0.2) is 0 Å². The molecule has 2 aromatic rings. The Morgan fingerprint density at radius 1 is 1.11 bits per heavy atom. The number of hydrazine groups is 1. The van der Waals surface area contributed by atoms with Crippen molar-refractivity contribution in [3.63, 3.8) is 0 Å². The predicted molar refractivity (Wildman–Crippen MR) is 71.0 cm³/mol. The van der Waals surface area contributed by atoms with Crippen molar-refractivity contribution in [3.05, 3.63) is 65.2 Å². The second-order valence-corrected chi connectivity index (χ2v) is 4.29. The van der Waals surface area contributed by atoms with Gasteiger partial charge in [0.15, 0.2) is 0 Å². The normalized spacial score (nSPS) is 12.4. The van der Waals surface area contributed by atoms with Gasteiger partial charge < -0.3 is 5.73 Å². The van der Waals surface area contributed by atoms with E-state index in [2.05, 4.69) is 5.43 Å². The molecule has 5 heteroatoms. The van der Waals surface area contributed by atoms with E-state index < -0.39 is 11.6 Å². The number of rotatable bonds is 4. The van der Waals surface area contributed by atoms with E-state index in [0.29, 0.717) is 5.69 Å². The Balaban J connectivity index is 2.29. The average Bonchev–Trinajstić information content (AvgIpc) is 2.41. The fourth-order valence-corrected chi connectivity index (χ4v) is 2.01. The highest BCUT2D eigenvalue weighted by Crippen LogP contribution is 2.24. The summed E-state index contributed by atoms with van der Waals surface area (Å²) in [6.45, 7) is 0. The van der Waals surface area contributed by atoms with Crippen molar-refractivity contribution in [2.75, 3.05) is 5.73 Å². The fourth-order valence-electron chi connectivity index (χ4n) is 2.01. The molecule has 2 rings (SSSR count). The number of benzene rings is 2. The zero-order chi connectivity index (χ0) is 13.8. The Morgan fingerprint density at radius 3 is 2.53 bits per heavy atom. The number of hydrogen-bond donors (Lipinski definition) is 3. The largest absolute Gasteiger partial charge is 0.398 e. The standard InChI is InChI=1S/C14H15F2N3/c15-10-5-6-12(16)9(7-10)8-14(19-18)11-3-1-2-4-13(11)17/h1-7,14,19H,8,17-18H2. The summed E-state index contributed by atoms with van der Waals surface area (Å²) in [7, 11) is 0. The van der Waals surface area contributed by atoms with Crippen molar-refractivity contribution < 1.29 is 8.78 Å². The van der Waals surface area contributed by atoms with Gasteiger partial charge >= 0.3 is 0 Å². The van der Waals surface area contributed by atoms with Gasteiger partial charge in [0.05, 0.1) is 6.04 Å². The molecule has 0 aliphatic heterocycles. The summed E-state index contributed by atoms with van der Waals surface area (Å²) in [5, 5.41) is 0. The first-order chi connectivity index (χ1) is 9.11. The van der Waals surface area contributed by atoms with Gasteiger partial charge in [-0.05, 0) is 41.8 Å². The molecule has 0 bridgehead atoms. The molecule has 0 saturated heterocycles. The maximum atomic E-state index is 13.6. The maximum Gasteiger partial charge on any atom is 0.126 e. The molecule has 0 amide bonds. The minimum atomic E-state index is -0.479. The third kappa shape index (κ3) is 3.07. The Bertz CT molecular complexity index is 572. The van der Waals surface area contributed by atoms with Crippen LogP contribution >= 0.6 is 0 Å². The number of hydrogen-bond acceptors (Lipinski definition) is 3. The first-order valence-corrected chi connectivity index (χ1v) is 5.86. The smallest absolute Gasteiger partial charge is 0.126 e. The molecule has 0 radical (unpaired) electrons. The SMILES string of the molecule is NNC(Cc1cc(F)ccc1F)c1ccccc1N.